The normalized spacial score (nSPS) is 13.2. The van der Waals surface area contributed by atoms with Gasteiger partial charge in [0.05, 0.1) is 34.4 Å². The van der Waals surface area contributed by atoms with Gasteiger partial charge in [-0.1, -0.05) is 210 Å². The van der Waals surface area contributed by atoms with Gasteiger partial charge < -0.3 is 23.8 Å². The number of carbonyl (C=O) groups excluding carboxylic acids is 2. The van der Waals surface area contributed by atoms with E-state index in [-0.39, 0.29) is 36.2 Å². The predicted molar refractivity (Wildman–Crippen MR) is 280 cm³/mol. The molecule has 0 aromatic heterocycles. The summed E-state index contributed by atoms with van der Waals surface area (Å²) in [7, 11) is 5.54. The van der Waals surface area contributed by atoms with E-state index in [1.54, 1.807) is 0 Å². The zero-order chi connectivity index (χ0) is 48.4. The molecule has 0 saturated heterocycles. The zero-order valence-electron chi connectivity index (χ0n) is 43.9. The minimum Gasteiger partial charge on any atom is -0.477 e. The Morgan fingerprint density at radius 3 is 1.27 bits per heavy atom. The second-order valence-corrected chi connectivity index (χ2v) is 19.8. The Morgan fingerprint density at radius 2 is 0.848 bits per heavy atom. The molecule has 0 aliphatic carbocycles. The van der Waals surface area contributed by atoms with Crippen molar-refractivity contribution in [3.05, 3.63) is 48.6 Å². The number of unbranched alkanes of at least 4 members (excludes halogenated alkanes) is 28. The largest absolute Gasteiger partial charge is 0.477 e. The topological polar surface area (TPSA) is 99.1 Å². The quantitative estimate of drug-likeness (QED) is 0.0281. The van der Waals surface area contributed by atoms with Gasteiger partial charge in [-0.05, 0) is 70.6 Å². The second kappa shape index (κ2) is 48.7. The van der Waals surface area contributed by atoms with Gasteiger partial charge >= 0.3 is 17.9 Å². The van der Waals surface area contributed by atoms with Crippen molar-refractivity contribution in [3.8, 4) is 0 Å². The fourth-order valence-corrected chi connectivity index (χ4v) is 8.22. The standard InChI is InChI=1S/C58H105NO7/c1-6-8-10-12-14-16-18-20-22-24-26-28-29-31-32-34-36-38-40-42-44-46-48-56(60)65-53-54(52-64-51-50-55(58(62)63)59(3,4)5)66-57(61)49-47-45-43-41-39-37-35-33-30-27-25-23-21-19-17-15-13-11-9-7-2/h9,11,15,17,21,23,29,31,54-55H,6-8,10,12-14,16,18-20,22,24-28,30,32-53H2,1-5H3/p+1/b11-9+,17-15+,23-21+,31-29+. The molecule has 0 radical (unpaired) electrons. The van der Waals surface area contributed by atoms with Gasteiger partial charge in [-0.3, -0.25) is 9.59 Å². The molecule has 1 N–H and O–H groups in total. The number of ether oxygens (including phenoxy) is 3. The van der Waals surface area contributed by atoms with Gasteiger partial charge in [0.15, 0.2) is 12.1 Å². The van der Waals surface area contributed by atoms with Crippen LogP contribution >= 0.6 is 0 Å². The third-order valence-electron chi connectivity index (χ3n) is 12.5. The van der Waals surface area contributed by atoms with Crippen LogP contribution in [0.5, 0.6) is 0 Å². The van der Waals surface area contributed by atoms with Crippen LogP contribution in [0.3, 0.4) is 0 Å². The smallest absolute Gasteiger partial charge is 0.362 e. The second-order valence-electron chi connectivity index (χ2n) is 19.8. The third-order valence-corrected chi connectivity index (χ3v) is 12.5. The molecule has 0 aromatic carbocycles. The number of hydrogen-bond donors (Lipinski definition) is 1. The molecule has 8 heteroatoms. The monoisotopic (exact) mass is 929 g/mol. The van der Waals surface area contributed by atoms with Crippen LogP contribution in [0.15, 0.2) is 48.6 Å². The first kappa shape index (κ1) is 63.3. The van der Waals surface area contributed by atoms with E-state index in [4.69, 9.17) is 14.2 Å². The molecule has 66 heavy (non-hydrogen) atoms. The first-order chi connectivity index (χ1) is 32.1. The molecular weight excluding hydrogens is 823 g/mol. The molecule has 0 spiro atoms. The molecule has 8 nitrogen and oxygen atoms in total. The van der Waals surface area contributed by atoms with Crippen LogP contribution in [0, 0.1) is 0 Å². The molecule has 0 rings (SSSR count). The molecule has 2 atom stereocenters. The van der Waals surface area contributed by atoms with E-state index in [0.717, 1.165) is 57.8 Å². The van der Waals surface area contributed by atoms with E-state index in [1.807, 2.05) is 21.1 Å². The minimum absolute atomic E-state index is 0.0538. The van der Waals surface area contributed by atoms with Crippen LogP contribution in [0.2, 0.25) is 0 Å². The highest BCUT2D eigenvalue weighted by molar-refractivity contribution is 5.72. The highest BCUT2D eigenvalue weighted by atomic mass is 16.6. The number of hydrogen-bond acceptors (Lipinski definition) is 6. The fourth-order valence-electron chi connectivity index (χ4n) is 8.22. The maximum Gasteiger partial charge on any atom is 0.362 e. The lowest BCUT2D eigenvalue weighted by Crippen LogP contribution is -2.50. The van der Waals surface area contributed by atoms with Crippen LogP contribution < -0.4 is 0 Å². The number of aliphatic carboxylic acids is 1. The van der Waals surface area contributed by atoms with Crippen LogP contribution in [0.4, 0.5) is 0 Å². The summed E-state index contributed by atoms with van der Waals surface area (Å²) in [5.74, 6) is -1.47. The minimum atomic E-state index is -0.875. The molecule has 0 fully saturated rings. The Hall–Kier alpha value is -2.71. The molecule has 2 unspecified atom stereocenters. The molecule has 0 aliphatic heterocycles. The van der Waals surface area contributed by atoms with Gasteiger partial charge in [0.2, 0.25) is 0 Å². The Kier molecular flexibility index (Phi) is 46.7. The third kappa shape index (κ3) is 46.4. The van der Waals surface area contributed by atoms with E-state index in [0.29, 0.717) is 19.3 Å². The molecule has 0 heterocycles. The Labute approximate surface area is 407 Å². The number of allylic oxidation sites excluding steroid dienone is 8. The van der Waals surface area contributed by atoms with Crippen LogP contribution in [0.1, 0.15) is 251 Å². The summed E-state index contributed by atoms with van der Waals surface area (Å²) in [4.78, 5) is 37.2. The molecular formula is C58H106NO7+. The highest BCUT2D eigenvalue weighted by Crippen LogP contribution is 2.16. The van der Waals surface area contributed by atoms with Crippen LogP contribution in [-0.2, 0) is 28.6 Å². The summed E-state index contributed by atoms with van der Waals surface area (Å²) in [5, 5.41) is 9.67. The predicted octanol–water partition coefficient (Wildman–Crippen LogP) is 16.3. The van der Waals surface area contributed by atoms with E-state index in [2.05, 4.69) is 62.5 Å². The van der Waals surface area contributed by atoms with Crippen LogP contribution in [-0.4, -0.2) is 80.6 Å². The van der Waals surface area contributed by atoms with Crippen molar-refractivity contribution in [2.75, 3.05) is 41.0 Å². The van der Waals surface area contributed by atoms with Gasteiger partial charge in [-0.15, -0.1) is 0 Å². The Balaban J connectivity index is 4.19. The number of carboxylic acid groups (broad SMARTS) is 1. The first-order valence-corrected chi connectivity index (χ1v) is 27.7. The van der Waals surface area contributed by atoms with Crippen molar-refractivity contribution >= 4 is 17.9 Å². The SMILES string of the molecule is CC/C=C/C/C=C/C/C=C/CCCCCCCCCCCCC(=O)OC(COCCC(C(=O)O)[N+](C)(C)C)COC(=O)CCCCCCCCC/C=C/CCCCCCCCCCCCC. The van der Waals surface area contributed by atoms with Gasteiger partial charge in [0.1, 0.15) is 6.61 Å². The van der Waals surface area contributed by atoms with Crippen molar-refractivity contribution in [2.45, 2.75) is 264 Å². The van der Waals surface area contributed by atoms with Crippen LogP contribution in [0.25, 0.3) is 0 Å². The summed E-state index contributed by atoms with van der Waals surface area (Å²) >= 11 is 0. The van der Waals surface area contributed by atoms with E-state index in [9.17, 15) is 19.5 Å². The van der Waals surface area contributed by atoms with Gasteiger partial charge in [0.25, 0.3) is 0 Å². The summed E-state index contributed by atoms with van der Waals surface area (Å²) in [5.41, 5.74) is 0. The van der Waals surface area contributed by atoms with Gasteiger partial charge in [0, 0.05) is 19.3 Å². The Bertz CT molecular complexity index is 1220. The lowest BCUT2D eigenvalue weighted by atomic mass is 10.0. The zero-order valence-corrected chi connectivity index (χ0v) is 43.9. The fraction of sp³-hybridized carbons (Fsp3) is 0.810. The number of rotatable bonds is 50. The summed E-state index contributed by atoms with van der Waals surface area (Å²) in [6.07, 6.45) is 60.2. The van der Waals surface area contributed by atoms with E-state index in [1.165, 1.54) is 161 Å². The highest BCUT2D eigenvalue weighted by Gasteiger charge is 2.31. The number of nitrogens with zero attached hydrogens (tertiary/aromatic N) is 1. The number of carboxylic acids is 1. The molecule has 0 amide bonds. The number of quaternary nitrogens is 1. The van der Waals surface area contributed by atoms with E-state index >= 15 is 0 Å². The summed E-state index contributed by atoms with van der Waals surface area (Å²) < 4.78 is 17.4. The van der Waals surface area contributed by atoms with E-state index < -0.39 is 18.1 Å². The lowest BCUT2D eigenvalue weighted by Gasteiger charge is -2.31. The maximum absolute atomic E-state index is 12.8. The molecule has 0 aromatic rings. The number of esters is 2. The van der Waals surface area contributed by atoms with Crippen molar-refractivity contribution in [1.82, 2.24) is 0 Å². The lowest BCUT2D eigenvalue weighted by molar-refractivity contribution is -0.887. The average Bonchev–Trinajstić information content (AvgIpc) is 3.28. The van der Waals surface area contributed by atoms with Gasteiger partial charge in [-0.2, -0.15) is 0 Å². The molecule has 0 saturated carbocycles. The molecule has 384 valence electrons. The number of likely N-dealkylation sites (N-methyl/N-ethyl adjacent to an activating group) is 1. The summed E-state index contributed by atoms with van der Waals surface area (Å²) in [6.45, 7) is 4.66. The van der Waals surface area contributed by atoms with Crippen molar-refractivity contribution in [3.63, 3.8) is 0 Å². The van der Waals surface area contributed by atoms with Gasteiger partial charge in [-0.25, -0.2) is 4.79 Å². The molecule has 0 aliphatic rings. The maximum atomic E-state index is 12.8. The first-order valence-electron chi connectivity index (χ1n) is 27.7. The van der Waals surface area contributed by atoms with Crippen molar-refractivity contribution in [1.29, 1.82) is 0 Å². The van der Waals surface area contributed by atoms with Crippen molar-refractivity contribution in [2.24, 2.45) is 0 Å². The Morgan fingerprint density at radius 1 is 0.470 bits per heavy atom. The van der Waals surface area contributed by atoms with Crippen molar-refractivity contribution < 1.29 is 38.2 Å². The molecule has 0 bridgehead atoms. The average molecular weight is 929 g/mol. The summed E-state index contributed by atoms with van der Waals surface area (Å²) in [6, 6.07) is -0.617. The number of carbonyl (C=O) groups is 3.